The van der Waals surface area contributed by atoms with E-state index < -0.39 is 0 Å². The van der Waals surface area contributed by atoms with Crippen molar-refractivity contribution in [3.63, 3.8) is 0 Å². The zero-order valence-corrected chi connectivity index (χ0v) is 14.2. The van der Waals surface area contributed by atoms with Gasteiger partial charge in [-0.2, -0.15) is 0 Å². The Morgan fingerprint density at radius 2 is 1.96 bits per heavy atom. The topological polar surface area (TPSA) is 38.2 Å². The first-order valence-corrected chi connectivity index (χ1v) is 8.26. The van der Waals surface area contributed by atoms with Gasteiger partial charge in [0.1, 0.15) is 11.6 Å². The average molecular weight is 311 g/mol. The van der Waals surface area contributed by atoms with Crippen molar-refractivity contribution in [1.82, 2.24) is 9.97 Å². The van der Waals surface area contributed by atoms with Crippen molar-refractivity contribution in [3.05, 3.63) is 54.0 Å². The molecule has 4 nitrogen and oxygen atoms in total. The maximum absolute atomic E-state index is 5.72. The number of nitrogens with zero attached hydrogens (tertiary/aromatic N) is 3. The lowest BCUT2D eigenvalue weighted by molar-refractivity contribution is 0.0936. The highest BCUT2D eigenvalue weighted by Gasteiger charge is 2.26. The van der Waals surface area contributed by atoms with Crippen LogP contribution in [0.25, 0.3) is 0 Å². The Hall–Kier alpha value is -1.94. The highest BCUT2D eigenvalue weighted by Crippen LogP contribution is 2.24. The Labute approximate surface area is 138 Å². The van der Waals surface area contributed by atoms with Crippen molar-refractivity contribution in [2.75, 3.05) is 24.7 Å². The van der Waals surface area contributed by atoms with Gasteiger partial charge in [0.25, 0.3) is 0 Å². The van der Waals surface area contributed by atoms with Gasteiger partial charge in [0.05, 0.1) is 19.3 Å². The smallest absolute Gasteiger partial charge is 0.135 e. The van der Waals surface area contributed by atoms with Crippen LogP contribution in [0.1, 0.15) is 32.2 Å². The third-order valence-electron chi connectivity index (χ3n) is 4.15. The van der Waals surface area contributed by atoms with E-state index in [0.29, 0.717) is 6.04 Å². The van der Waals surface area contributed by atoms with Crippen molar-refractivity contribution < 1.29 is 4.74 Å². The fourth-order valence-electron chi connectivity index (χ4n) is 2.88. The minimum atomic E-state index is -0.0444. The summed E-state index contributed by atoms with van der Waals surface area (Å²) in [6, 6.07) is 12.9. The molecular formula is C19H25N3O. The van der Waals surface area contributed by atoms with Crippen molar-refractivity contribution in [2.45, 2.75) is 38.6 Å². The molecule has 2 heterocycles. The molecule has 1 atom stereocenters. The quantitative estimate of drug-likeness (QED) is 0.872. The zero-order valence-electron chi connectivity index (χ0n) is 14.2. The van der Waals surface area contributed by atoms with Gasteiger partial charge in [-0.3, -0.25) is 0 Å². The van der Waals surface area contributed by atoms with Gasteiger partial charge in [-0.05, 0) is 18.1 Å². The number of ether oxygens (including phenoxy) is 1. The Kier molecular flexibility index (Phi) is 4.62. The molecule has 1 saturated heterocycles. The molecule has 1 aromatic heterocycles. The van der Waals surface area contributed by atoms with Gasteiger partial charge in [-0.1, -0.05) is 51.1 Å². The predicted octanol–water partition coefficient (Wildman–Crippen LogP) is 3.22. The number of anilines is 1. The lowest BCUT2D eigenvalue weighted by Crippen LogP contribution is -2.47. The molecule has 1 unspecified atom stereocenters. The van der Waals surface area contributed by atoms with Gasteiger partial charge >= 0.3 is 0 Å². The van der Waals surface area contributed by atoms with Gasteiger partial charge in [-0.25, -0.2) is 9.97 Å². The van der Waals surface area contributed by atoms with Crippen molar-refractivity contribution in [1.29, 1.82) is 0 Å². The molecule has 1 aromatic carbocycles. The number of aromatic nitrogens is 2. The van der Waals surface area contributed by atoms with Crippen LogP contribution in [0.4, 0.5) is 5.82 Å². The van der Waals surface area contributed by atoms with E-state index in [1.54, 1.807) is 0 Å². The average Bonchev–Trinajstić information content (AvgIpc) is 2.56. The second-order valence-corrected chi connectivity index (χ2v) is 7.10. The predicted molar refractivity (Wildman–Crippen MR) is 92.8 cm³/mol. The fraction of sp³-hybridized carbons (Fsp3) is 0.474. The molecule has 0 amide bonds. The van der Waals surface area contributed by atoms with E-state index in [1.165, 1.54) is 5.56 Å². The molecule has 1 fully saturated rings. The Bertz CT molecular complexity index is 637. The Morgan fingerprint density at radius 3 is 2.70 bits per heavy atom. The third kappa shape index (κ3) is 3.88. The monoisotopic (exact) mass is 311 g/mol. The standard InChI is InChI=1S/C19H25N3O/c1-19(2,3)18-20-10-9-17(21-18)22-11-12-23-14-16(22)13-15-7-5-4-6-8-15/h4-10,16H,11-14H2,1-3H3. The van der Waals surface area contributed by atoms with E-state index in [1.807, 2.05) is 12.3 Å². The maximum Gasteiger partial charge on any atom is 0.135 e. The van der Waals surface area contributed by atoms with Crippen LogP contribution in [0.2, 0.25) is 0 Å². The molecule has 0 radical (unpaired) electrons. The number of hydrogen-bond donors (Lipinski definition) is 0. The van der Waals surface area contributed by atoms with Crippen LogP contribution in [-0.2, 0) is 16.6 Å². The number of morpholine rings is 1. The summed E-state index contributed by atoms with van der Waals surface area (Å²) in [6.45, 7) is 8.80. The summed E-state index contributed by atoms with van der Waals surface area (Å²) in [4.78, 5) is 11.6. The summed E-state index contributed by atoms with van der Waals surface area (Å²) in [5.74, 6) is 1.90. The van der Waals surface area contributed by atoms with Crippen LogP contribution in [0.15, 0.2) is 42.6 Å². The molecule has 4 heteroatoms. The lowest BCUT2D eigenvalue weighted by atomic mass is 9.96. The van der Waals surface area contributed by atoms with Gasteiger partial charge in [0.2, 0.25) is 0 Å². The molecule has 0 bridgehead atoms. The van der Waals surface area contributed by atoms with Crippen LogP contribution in [0.5, 0.6) is 0 Å². The largest absolute Gasteiger partial charge is 0.377 e. The van der Waals surface area contributed by atoms with E-state index in [2.05, 4.69) is 61.0 Å². The van der Waals surface area contributed by atoms with Crippen LogP contribution in [0.3, 0.4) is 0 Å². The minimum Gasteiger partial charge on any atom is -0.377 e. The summed E-state index contributed by atoms with van der Waals surface area (Å²) in [5, 5.41) is 0. The Morgan fingerprint density at radius 1 is 1.17 bits per heavy atom. The summed E-state index contributed by atoms with van der Waals surface area (Å²) in [5.41, 5.74) is 1.29. The highest BCUT2D eigenvalue weighted by atomic mass is 16.5. The van der Waals surface area contributed by atoms with Crippen LogP contribution in [-0.4, -0.2) is 35.8 Å². The molecule has 0 N–H and O–H groups in total. The van der Waals surface area contributed by atoms with E-state index in [-0.39, 0.29) is 5.41 Å². The van der Waals surface area contributed by atoms with Crippen molar-refractivity contribution >= 4 is 5.82 Å². The molecule has 1 aliphatic heterocycles. The molecule has 0 aliphatic carbocycles. The number of benzene rings is 1. The minimum absolute atomic E-state index is 0.0444. The van der Waals surface area contributed by atoms with Gasteiger partial charge < -0.3 is 9.64 Å². The number of rotatable bonds is 3. The summed E-state index contributed by atoms with van der Waals surface area (Å²) in [7, 11) is 0. The van der Waals surface area contributed by atoms with Gasteiger partial charge in [0, 0.05) is 18.2 Å². The molecule has 0 saturated carbocycles. The molecule has 122 valence electrons. The van der Waals surface area contributed by atoms with Gasteiger partial charge in [0.15, 0.2) is 0 Å². The first kappa shape index (κ1) is 15.9. The second-order valence-electron chi connectivity index (χ2n) is 7.10. The van der Waals surface area contributed by atoms with Crippen molar-refractivity contribution in [3.8, 4) is 0 Å². The van der Waals surface area contributed by atoms with Crippen LogP contribution in [0, 0.1) is 0 Å². The summed E-state index contributed by atoms with van der Waals surface area (Å²) >= 11 is 0. The third-order valence-corrected chi connectivity index (χ3v) is 4.15. The number of hydrogen-bond acceptors (Lipinski definition) is 4. The molecule has 23 heavy (non-hydrogen) atoms. The van der Waals surface area contributed by atoms with Crippen LogP contribution >= 0.6 is 0 Å². The normalized spacial score (nSPS) is 18.9. The first-order chi connectivity index (χ1) is 11.0. The Balaban J connectivity index is 1.84. The SMILES string of the molecule is CC(C)(C)c1nccc(N2CCOCC2Cc2ccccc2)n1. The molecular weight excluding hydrogens is 286 g/mol. The zero-order chi connectivity index (χ0) is 16.3. The summed E-state index contributed by atoms with van der Waals surface area (Å²) in [6.07, 6.45) is 2.84. The molecule has 2 aromatic rings. The first-order valence-electron chi connectivity index (χ1n) is 8.26. The summed E-state index contributed by atoms with van der Waals surface area (Å²) < 4.78 is 5.72. The van der Waals surface area contributed by atoms with E-state index in [4.69, 9.17) is 9.72 Å². The maximum atomic E-state index is 5.72. The lowest BCUT2D eigenvalue weighted by Gasteiger charge is -2.37. The fourth-order valence-corrected chi connectivity index (χ4v) is 2.88. The van der Waals surface area contributed by atoms with E-state index in [9.17, 15) is 0 Å². The van der Waals surface area contributed by atoms with Gasteiger partial charge in [-0.15, -0.1) is 0 Å². The molecule has 0 spiro atoms. The molecule has 1 aliphatic rings. The van der Waals surface area contributed by atoms with Crippen molar-refractivity contribution in [2.24, 2.45) is 0 Å². The van der Waals surface area contributed by atoms with Crippen LogP contribution < -0.4 is 4.90 Å². The second kappa shape index (κ2) is 6.67. The van der Waals surface area contributed by atoms with E-state index in [0.717, 1.165) is 37.8 Å². The molecule has 3 rings (SSSR count). The van der Waals surface area contributed by atoms with E-state index >= 15 is 0 Å². The highest BCUT2D eigenvalue weighted by molar-refractivity contribution is 5.41.